The van der Waals surface area contributed by atoms with Crippen molar-refractivity contribution in [3.05, 3.63) is 52.4 Å². The number of nitrogens with one attached hydrogen (secondary N) is 1. The fourth-order valence-corrected chi connectivity index (χ4v) is 1.52. The second-order valence-corrected chi connectivity index (χ2v) is 3.96. The predicted molar refractivity (Wildman–Crippen MR) is 65.8 cm³/mol. The van der Waals surface area contributed by atoms with E-state index in [0.29, 0.717) is 16.7 Å². The maximum Gasteiger partial charge on any atom is 0.133 e. The molecule has 2 heterocycles. The molecule has 0 saturated heterocycles. The molecule has 16 heavy (non-hydrogen) atoms. The lowest BCUT2D eigenvalue weighted by atomic mass is 10.3. The zero-order valence-electron chi connectivity index (χ0n) is 8.32. The number of aromatic nitrogens is 2. The first kappa shape index (κ1) is 11.2. The van der Waals surface area contributed by atoms with Crippen LogP contribution in [0.25, 0.3) is 0 Å². The van der Waals surface area contributed by atoms with Crippen LogP contribution in [0.1, 0.15) is 5.56 Å². The first-order chi connectivity index (χ1) is 7.75. The van der Waals surface area contributed by atoms with Crippen molar-refractivity contribution in [1.29, 1.82) is 0 Å². The second-order valence-electron chi connectivity index (χ2n) is 3.17. The third kappa shape index (κ3) is 2.84. The van der Waals surface area contributed by atoms with Gasteiger partial charge in [0.1, 0.15) is 11.0 Å². The molecule has 0 aromatic carbocycles. The van der Waals surface area contributed by atoms with E-state index >= 15 is 0 Å². The SMILES string of the molecule is Clc1ccc(NCc2cccnc2Cl)nc1. The van der Waals surface area contributed by atoms with Crippen LogP contribution in [-0.2, 0) is 6.54 Å². The van der Waals surface area contributed by atoms with Gasteiger partial charge >= 0.3 is 0 Å². The van der Waals surface area contributed by atoms with E-state index in [1.54, 1.807) is 18.5 Å². The summed E-state index contributed by atoms with van der Waals surface area (Å²) < 4.78 is 0. The van der Waals surface area contributed by atoms with E-state index < -0.39 is 0 Å². The summed E-state index contributed by atoms with van der Waals surface area (Å²) in [5.74, 6) is 0.754. The highest BCUT2D eigenvalue weighted by molar-refractivity contribution is 6.30. The minimum Gasteiger partial charge on any atom is -0.366 e. The number of halogens is 2. The average Bonchev–Trinajstić information content (AvgIpc) is 2.30. The summed E-state index contributed by atoms with van der Waals surface area (Å²) in [6.45, 7) is 0.585. The lowest BCUT2D eigenvalue weighted by Gasteiger charge is -2.06. The van der Waals surface area contributed by atoms with Crippen LogP contribution in [0.2, 0.25) is 10.2 Å². The molecular weight excluding hydrogens is 245 g/mol. The molecule has 0 aliphatic heterocycles. The molecule has 0 spiro atoms. The van der Waals surface area contributed by atoms with Crippen molar-refractivity contribution in [2.24, 2.45) is 0 Å². The molecule has 0 atom stereocenters. The minimum absolute atomic E-state index is 0.504. The summed E-state index contributed by atoms with van der Waals surface area (Å²) in [5, 5.41) is 4.25. The van der Waals surface area contributed by atoms with Crippen LogP contribution < -0.4 is 5.32 Å². The van der Waals surface area contributed by atoms with Crippen LogP contribution in [0, 0.1) is 0 Å². The predicted octanol–water partition coefficient (Wildman–Crippen LogP) is 3.40. The van der Waals surface area contributed by atoms with Gasteiger partial charge in [-0.1, -0.05) is 29.3 Å². The van der Waals surface area contributed by atoms with Crippen molar-refractivity contribution in [3.63, 3.8) is 0 Å². The van der Waals surface area contributed by atoms with Gasteiger partial charge in [0.15, 0.2) is 0 Å². The van der Waals surface area contributed by atoms with Gasteiger partial charge in [0.2, 0.25) is 0 Å². The maximum atomic E-state index is 5.92. The fraction of sp³-hybridized carbons (Fsp3) is 0.0909. The minimum atomic E-state index is 0.504. The smallest absolute Gasteiger partial charge is 0.133 e. The Bertz CT molecular complexity index is 471. The Kier molecular flexibility index (Phi) is 3.59. The third-order valence-corrected chi connectivity index (χ3v) is 2.59. The van der Waals surface area contributed by atoms with Crippen molar-refractivity contribution in [2.75, 3.05) is 5.32 Å². The van der Waals surface area contributed by atoms with Gasteiger partial charge in [-0.05, 0) is 18.2 Å². The topological polar surface area (TPSA) is 37.8 Å². The van der Waals surface area contributed by atoms with Gasteiger partial charge in [-0.15, -0.1) is 0 Å². The van der Waals surface area contributed by atoms with Crippen molar-refractivity contribution in [2.45, 2.75) is 6.54 Å². The van der Waals surface area contributed by atoms with Gasteiger partial charge in [-0.3, -0.25) is 0 Å². The van der Waals surface area contributed by atoms with Gasteiger partial charge in [-0.2, -0.15) is 0 Å². The monoisotopic (exact) mass is 253 g/mol. The van der Waals surface area contributed by atoms with Gasteiger partial charge in [0, 0.05) is 24.5 Å². The van der Waals surface area contributed by atoms with Crippen molar-refractivity contribution >= 4 is 29.0 Å². The van der Waals surface area contributed by atoms with Crippen LogP contribution in [0.15, 0.2) is 36.7 Å². The molecule has 0 aliphatic rings. The Labute approximate surface area is 103 Å². The molecule has 5 heteroatoms. The number of nitrogens with zero attached hydrogens (tertiary/aromatic N) is 2. The van der Waals surface area contributed by atoms with Crippen LogP contribution >= 0.6 is 23.2 Å². The molecule has 2 rings (SSSR count). The van der Waals surface area contributed by atoms with E-state index in [2.05, 4.69) is 15.3 Å². The van der Waals surface area contributed by atoms with Gasteiger partial charge in [-0.25, -0.2) is 9.97 Å². The molecule has 82 valence electrons. The highest BCUT2D eigenvalue weighted by atomic mass is 35.5. The Morgan fingerprint density at radius 3 is 2.69 bits per heavy atom. The van der Waals surface area contributed by atoms with E-state index in [-0.39, 0.29) is 0 Å². The number of hydrogen-bond acceptors (Lipinski definition) is 3. The molecule has 0 amide bonds. The second kappa shape index (κ2) is 5.14. The number of pyridine rings is 2. The molecule has 0 aliphatic carbocycles. The Balaban J connectivity index is 2.02. The van der Waals surface area contributed by atoms with Crippen molar-refractivity contribution in [3.8, 4) is 0 Å². The average molecular weight is 254 g/mol. The van der Waals surface area contributed by atoms with Crippen LogP contribution in [-0.4, -0.2) is 9.97 Å². The van der Waals surface area contributed by atoms with Crippen LogP contribution in [0.5, 0.6) is 0 Å². The Morgan fingerprint density at radius 1 is 1.12 bits per heavy atom. The molecule has 0 fully saturated rings. The normalized spacial score (nSPS) is 10.1. The zero-order valence-corrected chi connectivity index (χ0v) is 9.83. The zero-order chi connectivity index (χ0) is 11.4. The maximum absolute atomic E-state index is 5.92. The van der Waals surface area contributed by atoms with Gasteiger partial charge < -0.3 is 5.32 Å². The highest BCUT2D eigenvalue weighted by Crippen LogP contribution is 2.14. The molecule has 0 saturated carbocycles. The lowest BCUT2D eigenvalue weighted by Crippen LogP contribution is -2.02. The molecule has 2 aromatic rings. The van der Waals surface area contributed by atoms with E-state index in [4.69, 9.17) is 23.2 Å². The first-order valence-electron chi connectivity index (χ1n) is 4.70. The van der Waals surface area contributed by atoms with Crippen LogP contribution in [0.3, 0.4) is 0 Å². The summed E-state index contributed by atoms with van der Waals surface area (Å²) in [6, 6.07) is 7.35. The fourth-order valence-electron chi connectivity index (χ4n) is 1.22. The largest absolute Gasteiger partial charge is 0.366 e. The van der Waals surface area contributed by atoms with Crippen LogP contribution in [0.4, 0.5) is 5.82 Å². The van der Waals surface area contributed by atoms with Gasteiger partial charge in [0.25, 0.3) is 0 Å². The summed E-state index contributed by atoms with van der Waals surface area (Å²) in [5.41, 5.74) is 0.931. The summed E-state index contributed by atoms with van der Waals surface area (Å²) >= 11 is 11.7. The first-order valence-corrected chi connectivity index (χ1v) is 5.46. The summed E-state index contributed by atoms with van der Waals surface area (Å²) in [6.07, 6.45) is 3.25. The standard InChI is InChI=1S/C11H9Cl2N3/c12-9-3-4-10(16-7-9)15-6-8-2-1-5-14-11(8)13/h1-5,7H,6H2,(H,15,16). The summed E-state index contributed by atoms with van der Waals surface area (Å²) in [7, 11) is 0. The quantitative estimate of drug-likeness (QED) is 0.853. The number of rotatable bonds is 3. The molecular formula is C11H9Cl2N3. The van der Waals surface area contributed by atoms with Crippen molar-refractivity contribution < 1.29 is 0 Å². The molecule has 2 aromatic heterocycles. The van der Waals surface area contributed by atoms with E-state index in [0.717, 1.165) is 11.4 Å². The Hall–Kier alpha value is -1.32. The molecule has 3 nitrogen and oxygen atoms in total. The van der Waals surface area contributed by atoms with Crippen molar-refractivity contribution in [1.82, 2.24) is 9.97 Å². The van der Waals surface area contributed by atoms with Gasteiger partial charge in [0.05, 0.1) is 5.02 Å². The van der Waals surface area contributed by atoms with E-state index in [1.807, 2.05) is 18.2 Å². The third-order valence-electron chi connectivity index (χ3n) is 2.02. The number of hydrogen-bond donors (Lipinski definition) is 1. The molecule has 0 bridgehead atoms. The number of anilines is 1. The molecule has 0 unspecified atom stereocenters. The molecule has 0 radical (unpaired) electrons. The summed E-state index contributed by atoms with van der Waals surface area (Å²) in [4.78, 5) is 8.11. The Morgan fingerprint density at radius 2 is 2.00 bits per heavy atom. The van der Waals surface area contributed by atoms with E-state index in [1.165, 1.54) is 0 Å². The highest BCUT2D eigenvalue weighted by Gasteiger charge is 2.00. The lowest BCUT2D eigenvalue weighted by molar-refractivity contribution is 1.09. The van der Waals surface area contributed by atoms with E-state index in [9.17, 15) is 0 Å². The molecule has 1 N–H and O–H groups in total.